The molecule has 0 fully saturated rings. The Hall–Kier alpha value is -1.33. The van der Waals surface area contributed by atoms with Crippen molar-refractivity contribution >= 4 is 0 Å². The first-order valence-corrected chi connectivity index (χ1v) is 5.42. The van der Waals surface area contributed by atoms with E-state index in [2.05, 4.69) is 23.1 Å². The van der Waals surface area contributed by atoms with Crippen molar-refractivity contribution in [2.75, 3.05) is 6.54 Å². The van der Waals surface area contributed by atoms with Crippen LogP contribution in [0.2, 0.25) is 0 Å². The Balaban J connectivity index is 2.24. The van der Waals surface area contributed by atoms with Crippen LogP contribution in [-0.2, 0) is 6.42 Å². The zero-order valence-electron chi connectivity index (χ0n) is 9.24. The minimum Gasteiger partial charge on any atom is -0.313 e. The molecule has 1 unspecified atom stereocenters. The number of nitrogens with zero attached hydrogens (tertiary/aromatic N) is 1. The van der Waals surface area contributed by atoms with Gasteiger partial charge in [-0.2, -0.15) is 0 Å². The molecule has 0 bridgehead atoms. The van der Waals surface area contributed by atoms with Gasteiger partial charge in [0.15, 0.2) is 0 Å². The van der Waals surface area contributed by atoms with Gasteiger partial charge in [-0.05, 0) is 37.1 Å². The lowest BCUT2D eigenvalue weighted by molar-refractivity contribution is 0.510. The highest BCUT2D eigenvalue weighted by Gasteiger charge is 2.02. The van der Waals surface area contributed by atoms with E-state index in [9.17, 15) is 0 Å². The minimum absolute atomic E-state index is 0.455. The molecule has 1 heterocycles. The number of aromatic nitrogens is 1. The van der Waals surface area contributed by atoms with E-state index >= 15 is 0 Å². The normalized spacial score (nSPS) is 12.0. The Morgan fingerprint density at radius 3 is 2.80 bits per heavy atom. The van der Waals surface area contributed by atoms with E-state index in [0.717, 1.165) is 25.8 Å². The van der Waals surface area contributed by atoms with E-state index in [4.69, 9.17) is 6.42 Å². The maximum Gasteiger partial charge on any atom is 0.0270 e. The van der Waals surface area contributed by atoms with Crippen LogP contribution in [-0.4, -0.2) is 17.6 Å². The zero-order valence-corrected chi connectivity index (χ0v) is 9.24. The average molecular weight is 202 g/mol. The van der Waals surface area contributed by atoms with Gasteiger partial charge in [-0.3, -0.25) is 4.98 Å². The van der Waals surface area contributed by atoms with E-state index in [1.165, 1.54) is 5.56 Å². The van der Waals surface area contributed by atoms with Crippen molar-refractivity contribution in [3.63, 3.8) is 0 Å². The highest BCUT2D eigenvalue weighted by molar-refractivity contribution is 5.09. The molecule has 0 aliphatic rings. The molecule has 2 heteroatoms. The second kappa shape index (κ2) is 7.03. The van der Waals surface area contributed by atoms with Crippen LogP contribution in [0, 0.1) is 12.3 Å². The third-order valence-electron chi connectivity index (χ3n) is 2.45. The Kier molecular flexibility index (Phi) is 5.50. The lowest BCUT2D eigenvalue weighted by Gasteiger charge is -2.13. The number of pyridine rings is 1. The Bertz CT molecular complexity index is 300. The number of hydrogen-bond donors (Lipinski definition) is 1. The summed E-state index contributed by atoms with van der Waals surface area (Å²) in [4.78, 5) is 3.99. The molecule has 1 aromatic rings. The van der Waals surface area contributed by atoms with Crippen molar-refractivity contribution in [3.05, 3.63) is 30.1 Å². The van der Waals surface area contributed by atoms with Crippen LogP contribution in [0.15, 0.2) is 24.5 Å². The van der Waals surface area contributed by atoms with E-state index in [1.54, 1.807) is 0 Å². The topological polar surface area (TPSA) is 24.9 Å². The van der Waals surface area contributed by atoms with Gasteiger partial charge in [-0.25, -0.2) is 0 Å². The summed E-state index contributed by atoms with van der Waals surface area (Å²) in [5, 5.41) is 3.46. The van der Waals surface area contributed by atoms with Crippen LogP contribution in [0.3, 0.4) is 0 Å². The summed E-state index contributed by atoms with van der Waals surface area (Å²) in [6.07, 6.45) is 11.9. The summed E-state index contributed by atoms with van der Waals surface area (Å²) in [5.74, 6) is 2.69. The summed E-state index contributed by atoms with van der Waals surface area (Å²) in [6.45, 7) is 3.13. The van der Waals surface area contributed by atoms with Crippen molar-refractivity contribution in [1.29, 1.82) is 0 Å². The largest absolute Gasteiger partial charge is 0.313 e. The molecular formula is C13H18N2. The van der Waals surface area contributed by atoms with Crippen molar-refractivity contribution in [2.24, 2.45) is 0 Å². The molecule has 1 atom stereocenters. The third-order valence-corrected chi connectivity index (χ3v) is 2.45. The fourth-order valence-electron chi connectivity index (χ4n) is 1.47. The van der Waals surface area contributed by atoms with Gasteiger partial charge in [0, 0.05) is 24.9 Å². The van der Waals surface area contributed by atoms with Gasteiger partial charge in [-0.1, -0.05) is 6.92 Å². The van der Waals surface area contributed by atoms with Gasteiger partial charge in [-0.15, -0.1) is 12.3 Å². The molecule has 0 aliphatic carbocycles. The molecule has 80 valence electrons. The SMILES string of the molecule is C#CCC(CC)NCCc1ccncc1. The lowest BCUT2D eigenvalue weighted by atomic mass is 10.1. The average Bonchev–Trinajstić information content (AvgIpc) is 2.29. The van der Waals surface area contributed by atoms with E-state index in [-0.39, 0.29) is 0 Å². The fraction of sp³-hybridized carbons (Fsp3) is 0.462. The summed E-state index contributed by atoms with van der Waals surface area (Å²) >= 11 is 0. The second-order valence-corrected chi connectivity index (χ2v) is 3.57. The van der Waals surface area contributed by atoms with Gasteiger partial charge in [0.25, 0.3) is 0 Å². The Labute approximate surface area is 92.1 Å². The van der Waals surface area contributed by atoms with Gasteiger partial charge in [0.2, 0.25) is 0 Å². The minimum atomic E-state index is 0.455. The maximum absolute atomic E-state index is 5.29. The third kappa shape index (κ3) is 4.62. The maximum atomic E-state index is 5.29. The highest BCUT2D eigenvalue weighted by Crippen LogP contribution is 1.99. The summed E-state index contributed by atoms with van der Waals surface area (Å²) in [7, 11) is 0. The van der Waals surface area contributed by atoms with Gasteiger partial charge in [0.05, 0.1) is 0 Å². The number of hydrogen-bond acceptors (Lipinski definition) is 2. The predicted molar refractivity (Wildman–Crippen MR) is 63.5 cm³/mol. The second-order valence-electron chi connectivity index (χ2n) is 3.57. The molecule has 0 saturated carbocycles. The molecule has 2 nitrogen and oxygen atoms in total. The first kappa shape index (κ1) is 11.7. The molecule has 1 rings (SSSR count). The van der Waals surface area contributed by atoms with Crippen LogP contribution in [0.25, 0.3) is 0 Å². The van der Waals surface area contributed by atoms with Crippen LogP contribution >= 0.6 is 0 Å². The molecule has 0 aromatic carbocycles. The van der Waals surface area contributed by atoms with Crippen LogP contribution in [0.5, 0.6) is 0 Å². The molecule has 1 aromatic heterocycles. The highest BCUT2D eigenvalue weighted by atomic mass is 14.9. The van der Waals surface area contributed by atoms with Crippen LogP contribution in [0.1, 0.15) is 25.3 Å². The van der Waals surface area contributed by atoms with E-state index in [0.29, 0.717) is 6.04 Å². The molecule has 0 saturated heterocycles. The zero-order chi connectivity index (χ0) is 10.9. The van der Waals surface area contributed by atoms with Crippen LogP contribution < -0.4 is 5.32 Å². The van der Waals surface area contributed by atoms with Crippen molar-refractivity contribution in [3.8, 4) is 12.3 Å². The first-order valence-electron chi connectivity index (χ1n) is 5.42. The first-order chi connectivity index (χ1) is 7.36. The smallest absolute Gasteiger partial charge is 0.0270 e. The van der Waals surface area contributed by atoms with Crippen LogP contribution in [0.4, 0.5) is 0 Å². The number of nitrogens with one attached hydrogen (secondary N) is 1. The van der Waals surface area contributed by atoms with Gasteiger partial charge >= 0.3 is 0 Å². The number of rotatable bonds is 6. The standard InChI is InChI=1S/C13H18N2/c1-3-5-13(4-2)15-11-8-12-6-9-14-10-7-12/h1,6-7,9-10,13,15H,4-5,8,11H2,2H3. The summed E-state index contributed by atoms with van der Waals surface area (Å²) in [5.41, 5.74) is 1.31. The molecule has 0 radical (unpaired) electrons. The van der Waals surface area contributed by atoms with E-state index < -0.39 is 0 Å². The molecule has 1 N–H and O–H groups in total. The van der Waals surface area contributed by atoms with Crippen molar-refractivity contribution < 1.29 is 0 Å². The predicted octanol–water partition coefficient (Wildman–Crippen LogP) is 2.02. The molecule has 0 aliphatic heterocycles. The van der Waals surface area contributed by atoms with E-state index in [1.807, 2.05) is 24.5 Å². The summed E-state index contributed by atoms with van der Waals surface area (Å²) in [6, 6.07) is 4.55. The number of terminal acetylenes is 1. The molecule has 0 amide bonds. The molecular weight excluding hydrogens is 184 g/mol. The van der Waals surface area contributed by atoms with Gasteiger partial charge in [0.1, 0.15) is 0 Å². The molecule has 15 heavy (non-hydrogen) atoms. The fourth-order valence-corrected chi connectivity index (χ4v) is 1.47. The quantitative estimate of drug-likeness (QED) is 0.714. The van der Waals surface area contributed by atoms with Gasteiger partial charge < -0.3 is 5.32 Å². The Morgan fingerprint density at radius 2 is 2.20 bits per heavy atom. The lowest BCUT2D eigenvalue weighted by Crippen LogP contribution is -2.29. The van der Waals surface area contributed by atoms with Crippen molar-refractivity contribution in [2.45, 2.75) is 32.2 Å². The monoisotopic (exact) mass is 202 g/mol. The Morgan fingerprint density at radius 1 is 1.47 bits per heavy atom. The molecule has 0 spiro atoms. The summed E-state index contributed by atoms with van der Waals surface area (Å²) < 4.78 is 0. The van der Waals surface area contributed by atoms with Crippen molar-refractivity contribution in [1.82, 2.24) is 10.3 Å².